The summed E-state index contributed by atoms with van der Waals surface area (Å²) in [6.07, 6.45) is 5.76. The van der Waals surface area contributed by atoms with Crippen LogP contribution in [0.1, 0.15) is 41.0 Å². The van der Waals surface area contributed by atoms with Gasteiger partial charge in [0.05, 0.1) is 0 Å². The first-order valence-electron chi connectivity index (χ1n) is 9.85. The number of piperazine rings is 1. The number of amides is 1. The third-order valence-electron chi connectivity index (χ3n) is 5.62. The Labute approximate surface area is 160 Å². The third kappa shape index (κ3) is 4.27. The molecule has 1 saturated carbocycles. The minimum atomic E-state index is 0.142. The van der Waals surface area contributed by atoms with E-state index in [1.165, 1.54) is 19.3 Å². The summed E-state index contributed by atoms with van der Waals surface area (Å²) in [4.78, 5) is 25.9. The predicted octanol–water partition coefficient (Wildman–Crippen LogP) is 2.71. The molecule has 1 saturated heterocycles. The highest BCUT2D eigenvalue weighted by atomic mass is 16.2. The van der Waals surface area contributed by atoms with E-state index >= 15 is 0 Å². The minimum Gasteiger partial charge on any atom is -0.366 e. The summed E-state index contributed by atoms with van der Waals surface area (Å²) in [6.45, 7) is 6.17. The number of hydrogen-bond acceptors (Lipinski definition) is 5. The molecule has 6 heteroatoms. The van der Waals surface area contributed by atoms with Gasteiger partial charge in [-0.05, 0) is 43.5 Å². The predicted molar refractivity (Wildman–Crippen MR) is 106 cm³/mol. The van der Waals surface area contributed by atoms with Crippen molar-refractivity contribution < 1.29 is 4.79 Å². The van der Waals surface area contributed by atoms with Gasteiger partial charge in [0, 0.05) is 50.5 Å². The SMILES string of the molecule is Cc1nccc(NCc2cccc(C(=O)N3CCN(C4CCC4)CC3)c2)n1. The van der Waals surface area contributed by atoms with Gasteiger partial charge in [-0.15, -0.1) is 0 Å². The standard InChI is InChI=1S/C21H27N5O/c1-16-22-9-8-20(24-16)23-15-17-4-2-5-18(14-17)21(27)26-12-10-25(11-13-26)19-6-3-7-19/h2,4-5,8-9,14,19H,3,6-7,10-13,15H2,1H3,(H,22,23,24). The van der Waals surface area contributed by atoms with Crippen LogP contribution in [0, 0.1) is 6.92 Å². The highest BCUT2D eigenvalue weighted by Crippen LogP contribution is 2.25. The molecular formula is C21H27N5O. The van der Waals surface area contributed by atoms with E-state index in [1.54, 1.807) is 6.20 Å². The minimum absolute atomic E-state index is 0.142. The molecule has 2 heterocycles. The molecule has 0 radical (unpaired) electrons. The van der Waals surface area contributed by atoms with Crippen molar-refractivity contribution in [2.24, 2.45) is 0 Å². The Bertz CT molecular complexity index is 797. The topological polar surface area (TPSA) is 61.4 Å². The van der Waals surface area contributed by atoms with Gasteiger partial charge in [0.1, 0.15) is 11.6 Å². The first-order chi connectivity index (χ1) is 13.2. The number of carbonyl (C=O) groups is 1. The first-order valence-corrected chi connectivity index (χ1v) is 9.85. The van der Waals surface area contributed by atoms with Crippen molar-refractivity contribution in [3.63, 3.8) is 0 Å². The zero-order valence-electron chi connectivity index (χ0n) is 15.9. The number of aromatic nitrogens is 2. The third-order valence-corrected chi connectivity index (χ3v) is 5.62. The van der Waals surface area contributed by atoms with Crippen LogP contribution in [0.15, 0.2) is 36.5 Å². The van der Waals surface area contributed by atoms with Gasteiger partial charge in [-0.1, -0.05) is 18.6 Å². The summed E-state index contributed by atoms with van der Waals surface area (Å²) in [5, 5.41) is 3.30. The second kappa shape index (κ2) is 8.05. The van der Waals surface area contributed by atoms with Crippen molar-refractivity contribution in [1.82, 2.24) is 19.8 Å². The molecule has 1 aromatic carbocycles. The monoisotopic (exact) mass is 365 g/mol. The van der Waals surface area contributed by atoms with Gasteiger partial charge < -0.3 is 10.2 Å². The van der Waals surface area contributed by atoms with Gasteiger partial charge in [-0.25, -0.2) is 9.97 Å². The Morgan fingerprint density at radius 2 is 2.00 bits per heavy atom. The Hall–Kier alpha value is -2.47. The maximum absolute atomic E-state index is 12.9. The van der Waals surface area contributed by atoms with Crippen LogP contribution in [0.5, 0.6) is 0 Å². The summed E-state index contributed by atoms with van der Waals surface area (Å²) in [5.41, 5.74) is 1.84. The van der Waals surface area contributed by atoms with Crippen molar-refractivity contribution in [1.29, 1.82) is 0 Å². The summed E-state index contributed by atoms with van der Waals surface area (Å²) in [7, 11) is 0. The van der Waals surface area contributed by atoms with Gasteiger partial charge in [0.25, 0.3) is 5.91 Å². The van der Waals surface area contributed by atoms with E-state index in [4.69, 9.17) is 0 Å². The molecule has 1 amide bonds. The van der Waals surface area contributed by atoms with Crippen molar-refractivity contribution >= 4 is 11.7 Å². The van der Waals surface area contributed by atoms with Gasteiger partial charge in [-0.3, -0.25) is 9.69 Å². The molecule has 2 aromatic rings. The van der Waals surface area contributed by atoms with Gasteiger partial charge in [0.15, 0.2) is 0 Å². The molecule has 2 aliphatic rings. The lowest BCUT2D eigenvalue weighted by molar-refractivity contribution is 0.0455. The molecular weight excluding hydrogens is 338 g/mol. The molecule has 1 N–H and O–H groups in total. The van der Waals surface area contributed by atoms with E-state index in [0.717, 1.165) is 55.0 Å². The lowest BCUT2D eigenvalue weighted by atomic mass is 9.91. The van der Waals surface area contributed by atoms with Gasteiger partial charge >= 0.3 is 0 Å². The van der Waals surface area contributed by atoms with E-state index in [9.17, 15) is 4.79 Å². The van der Waals surface area contributed by atoms with Crippen molar-refractivity contribution in [3.8, 4) is 0 Å². The van der Waals surface area contributed by atoms with Crippen molar-refractivity contribution in [2.75, 3.05) is 31.5 Å². The van der Waals surface area contributed by atoms with Crippen LogP contribution in [-0.4, -0.2) is 57.9 Å². The average Bonchev–Trinajstić information content (AvgIpc) is 2.65. The molecule has 2 fully saturated rings. The van der Waals surface area contributed by atoms with Gasteiger partial charge in [0.2, 0.25) is 0 Å². The Morgan fingerprint density at radius 1 is 1.19 bits per heavy atom. The van der Waals surface area contributed by atoms with Crippen LogP contribution >= 0.6 is 0 Å². The molecule has 6 nitrogen and oxygen atoms in total. The largest absolute Gasteiger partial charge is 0.366 e. The number of carbonyl (C=O) groups excluding carboxylic acids is 1. The van der Waals surface area contributed by atoms with Crippen molar-refractivity contribution in [2.45, 2.75) is 38.8 Å². The van der Waals surface area contributed by atoms with E-state index in [1.807, 2.05) is 42.2 Å². The maximum atomic E-state index is 12.9. The molecule has 1 aromatic heterocycles. The highest BCUT2D eigenvalue weighted by Gasteiger charge is 2.29. The fourth-order valence-electron chi connectivity index (χ4n) is 3.79. The molecule has 0 unspecified atom stereocenters. The van der Waals surface area contributed by atoms with Gasteiger partial charge in [-0.2, -0.15) is 0 Å². The van der Waals surface area contributed by atoms with Crippen LogP contribution in [0.3, 0.4) is 0 Å². The number of hydrogen-bond donors (Lipinski definition) is 1. The van der Waals surface area contributed by atoms with E-state index in [2.05, 4.69) is 20.2 Å². The Kier molecular flexibility index (Phi) is 5.34. The molecule has 0 spiro atoms. The Morgan fingerprint density at radius 3 is 2.70 bits per heavy atom. The number of rotatable bonds is 5. The summed E-state index contributed by atoms with van der Waals surface area (Å²) >= 11 is 0. The lowest BCUT2D eigenvalue weighted by Gasteiger charge is -2.43. The van der Waals surface area contributed by atoms with Crippen LogP contribution in [0.4, 0.5) is 5.82 Å². The van der Waals surface area contributed by atoms with Crippen LogP contribution < -0.4 is 5.32 Å². The maximum Gasteiger partial charge on any atom is 0.253 e. The molecule has 1 aliphatic carbocycles. The van der Waals surface area contributed by atoms with Crippen molar-refractivity contribution in [3.05, 3.63) is 53.5 Å². The number of nitrogens with one attached hydrogen (secondary N) is 1. The second-order valence-corrected chi connectivity index (χ2v) is 7.46. The normalized spacial score (nSPS) is 18.2. The van der Waals surface area contributed by atoms with E-state index in [0.29, 0.717) is 6.54 Å². The number of anilines is 1. The quantitative estimate of drug-likeness (QED) is 0.883. The zero-order chi connectivity index (χ0) is 18.6. The van der Waals surface area contributed by atoms with Crippen LogP contribution in [0.25, 0.3) is 0 Å². The fraction of sp³-hybridized carbons (Fsp3) is 0.476. The molecule has 27 heavy (non-hydrogen) atoms. The Balaban J connectivity index is 1.34. The first kappa shape index (κ1) is 17.9. The molecule has 4 rings (SSSR count). The van der Waals surface area contributed by atoms with E-state index in [-0.39, 0.29) is 5.91 Å². The molecule has 1 aliphatic heterocycles. The number of nitrogens with zero attached hydrogens (tertiary/aromatic N) is 4. The van der Waals surface area contributed by atoms with Crippen LogP contribution in [0.2, 0.25) is 0 Å². The molecule has 0 bridgehead atoms. The number of aryl methyl sites for hydroxylation is 1. The molecule has 0 atom stereocenters. The summed E-state index contributed by atoms with van der Waals surface area (Å²) < 4.78 is 0. The highest BCUT2D eigenvalue weighted by molar-refractivity contribution is 5.94. The van der Waals surface area contributed by atoms with Crippen LogP contribution in [-0.2, 0) is 6.54 Å². The second-order valence-electron chi connectivity index (χ2n) is 7.46. The summed E-state index contributed by atoms with van der Waals surface area (Å²) in [5.74, 6) is 1.68. The smallest absolute Gasteiger partial charge is 0.253 e. The average molecular weight is 365 g/mol. The fourth-order valence-corrected chi connectivity index (χ4v) is 3.79. The molecule has 142 valence electrons. The zero-order valence-corrected chi connectivity index (χ0v) is 15.9. The summed E-state index contributed by atoms with van der Waals surface area (Å²) in [6, 6.07) is 10.5. The van der Waals surface area contributed by atoms with E-state index < -0.39 is 0 Å². The lowest BCUT2D eigenvalue weighted by Crippen LogP contribution is -2.53. The number of benzene rings is 1.